The van der Waals surface area contributed by atoms with Crippen molar-refractivity contribution in [2.24, 2.45) is 0 Å². The Morgan fingerprint density at radius 1 is 1.35 bits per heavy atom. The molecule has 7 heteroatoms. The Morgan fingerprint density at radius 2 is 2.26 bits per heavy atom. The van der Waals surface area contributed by atoms with Crippen molar-refractivity contribution < 1.29 is 19.0 Å². The van der Waals surface area contributed by atoms with Crippen LogP contribution >= 0.6 is 0 Å². The standard InChI is InChI=1S/C16H17N3O4/c20-16(6-11-1-2-14-15(5-11)23-10-22-14)18-12-7-17-19(8-12)13-3-4-21-9-13/h1-2,5,7-8,13H,3-4,6,9-10H2,(H,18,20)/t13-/m1/s1. The molecule has 1 fully saturated rings. The molecule has 1 saturated heterocycles. The van der Waals surface area contributed by atoms with E-state index in [4.69, 9.17) is 14.2 Å². The largest absolute Gasteiger partial charge is 0.454 e. The SMILES string of the molecule is O=C(Cc1ccc2c(c1)OCO2)Nc1cnn([C@@H]2CCOC2)c1. The molecule has 0 saturated carbocycles. The van der Waals surface area contributed by atoms with Crippen molar-refractivity contribution in [2.75, 3.05) is 25.3 Å². The number of hydrogen-bond donors (Lipinski definition) is 1. The summed E-state index contributed by atoms with van der Waals surface area (Å²) in [6, 6.07) is 5.78. The first-order chi connectivity index (χ1) is 11.3. The summed E-state index contributed by atoms with van der Waals surface area (Å²) in [6.45, 7) is 1.66. The quantitative estimate of drug-likeness (QED) is 0.930. The fourth-order valence-electron chi connectivity index (χ4n) is 2.77. The molecule has 2 aromatic rings. The number of amides is 1. The molecule has 0 unspecified atom stereocenters. The number of nitrogens with one attached hydrogen (secondary N) is 1. The van der Waals surface area contributed by atoms with E-state index in [0.717, 1.165) is 18.6 Å². The highest BCUT2D eigenvalue weighted by Gasteiger charge is 2.19. The minimum absolute atomic E-state index is 0.0916. The molecule has 0 radical (unpaired) electrons. The van der Waals surface area contributed by atoms with Crippen LogP contribution in [0.4, 0.5) is 5.69 Å². The van der Waals surface area contributed by atoms with E-state index in [9.17, 15) is 4.79 Å². The summed E-state index contributed by atoms with van der Waals surface area (Å²) >= 11 is 0. The smallest absolute Gasteiger partial charge is 0.231 e. The second kappa shape index (κ2) is 5.92. The van der Waals surface area contributed by atoms with Gasteiger partial charge in [-0.2, -0.15) is 5.10 Å². The van der Waals surface area contributed by atoms with Crippen molar-refractivity contribution >= 4 is 11.6 Å². The number of carbonyl (C=O) groups excluding carboxylic acids is 1. The van der Waals surface area contributed by atoms with Crippen LogP contribution in [0.1, 0.15) is 18.0 Å². The third-order valence-electron chi connectivity index (χ3n) is 3.97. The summed E-state index contributed by atoms with van der Waals surface area (Å²) in [7, 11) is 0. The van der Waals surface area contributed by atoms with E-state index >= 15 is 0 Å². The van der Waals surface area contributed by atoms with Gasteiger partial charge in [-0.1, -0.05) is 6.07 Å². The maximum atomic E-state index is 12.2. The first-order valence-corrected chi connectivity index (χ1v) is 7.58. The van der Waals surface area contributed by atoms with Crippen molar-refractivity contribution in [3.05, 3.63) is 36.2 Å². The Kier molecular flexibility index (Phi) is 3.63. The van der Waals surface area contributed by atoms with Crippen LogP contribution in [0.25, 0.3) is 0 Å². The summed E-state index contributed by atoms with van der Waals surface area (Å²) in [5, 5.41) is 7.16. The van der Waals surface area contributed by atoms with Gasteiger partial charge in [0.15, 0.2) is 11.5 Å². The van der Waals surface area contributed by atoms with Crippen LogP contribution in [0.15, 0.2) is 30.6 Å². The zero-order chi connectivity index (χ0) is 15.6. The topological polar surface area (TPSA) is 74.6 Å². The second-order valence-electron chi connectivity index (χ2n) is 5.64. The van der Waals surface area contributed by atoms with E-state index in [1.807, 2.05) is 29.1 Å². The highest BCUT2D eigenvalue weighted by atomic mass is 16.7. The molecular weight excluding hydrogens is 298 g/mol. The summed E-state index contributed by atoms with van der Waals surface area (Å²) in [6.07, 6.45) is 4.73. The van der Waals surface area contributed by atoms with Crippen LogP contribution in [0.3, 0.4) is 0 Å². The van der Waals surface area contributed by atoms with E-state index < -0.39 is 0 Å². The van der Waals surface area contributed by atoms with Gasteiger partial charge in [0.05, 0.1) is 31.0 Å². The van der Waals surface area contributed by atoms with Gasteiger partial charge in [-0.25, -0.2) is 0 Å². The average molecular weight is 315 g/mol. The predicted octanol–water partition coefficient (Wildman–Crippen LogP) is 1.75. The molecule has 0 spiro atoms. The second-order valence-corrected chi connectivity index (χ2v) is 5.64. The summed E-state index contributed by atoms with van der Waals surface area (Å²) in [5.41, 5.74) is 1.57. The molecule has 2 aliphatic heterocycles. The van der Waals surface area contributed by atoms with Gasteiger partial charge in [-0.05, 0) is 24.1 Å². The zero-order valence-corrected chi connectivity index (χ0v) is 12.5. The minimum atomic E-state index is -0.0916. The van der Waals surface area contributed by atoms with Gasteiger partial charge in [0.1, 0.15) is 0 Å². The van der Waals surface area contributed by atoms with Crippen molar-refractivity contribution in [3.8, 4) is 11.5 Å². The lowest BCUT2D eigenvalue weighted by atomic mass is 10.1. The number of carbonyl (C=O) groups is 1. The highest BCUT2D eigenvalue weighted by Crippen LogP contribution is 2.32. The third-order valence-corrected chi connectivity index (χ3v) is 3.97. The van der Waals surface area contributed by atoms with E-state index in [1.54, 1.807) is 6.20 Å². The third kappa shape index (κ3) is 3.00. The van der Waals surface area contributed by atoms with Crippen LogP contribution in [0.2, 0.25) is 0 Å². The van der Waals surface area contributed by atoms with Gasteiger partial charge in [0.2, 0.25) is 12.7 Å². The predicted molar refractivity (Wildman–Crippen MR) is 81.6 cm³/mol. The number of anilines is 1. The summed E-state index contributed by atoms with van der Waals surface area (Å²) < 4.78 is 17.8. The van der Waals surface area contributed by atoms with Crippen LogP contribution in [0.5, 0.6) is 11.5 Å². The molecule has 1 atom stereocenters. The van der Waals surface area contributed by atoms with Crippen molar-refractivity contribution in [1.82, 2.24) is 9.78 Å². The van der Waals surface area contributed by atoms with E-state index in [2.05, 4.69) is 10.4 Å². The Morgan fingerprint density at radius 3 is 3.13 bits per heavy atom. The Hall–Kier alpha value is -2.54. The number of benzene rings is 1. The highest BCUT2D eigenvalue weighted by molar-refractivity contribution is 5.92. The van der Waals surface area contributed by atoms with Gasteiger partial charge in [-0.3, -0.25) is 9.48 Å². The van der Waals surface area contributed by atoms with Crippen LogP contribution < -0.4 is 14.8 Å². The minimum Gasteiger partial charge on any atom is -0.454 e. The average Bonchev–Trinajstić information content (AvgIpc) is 3.27. The van der Waals surface area contributed by atoms with Gasteiger partial charge in [0.25, 0.3) is 0 Å². The molecule has 0 bridgehead atoms. The molecule has 3 heterocycles. The number of rotatable bonds is 4. The fourth-order valence-corrected chi connectivity index (χ4v) is 2.77. The number of fused-ring (bicyclic) bond motifs is 1. The Labute approximate surface area is 133 Å². The van der Waals surface area contributed by atoms with Gasteiger partial charge < -0.3 is 19.5 Å². The molecule has 4 rings (SSSR count). The Bertz CT molecular complexity index is 722. The molecule has 1 aromatic heterocycles. The monoisotopic (exact) mass is 315 g/mol. The molecule has 2 aliphatic rings. The molecule has 23 heavy (non-hydrogen) atoms. The number of ether oxygens (including phenoxy) is 3. The number of aromatic nitrogens is 2. The van der Waals surface area contributed by atoms with Crippen LogP contribution in [-0.2, 0) is 16.0 Å². The molecule has 7 nitrogen and oxygen atoms in total. The van der Waals surface area contributed by atoms with E-state index in [-0.39, 0.29) is 25.2 Å². The summed E-state index contributed by atoms with van der Waals surface area (Å²) in [5.74, 6) is 1.31. The lowest BCUT2D eigenvalue weighted by Gasteiger charge is -2.07. The molecular formula is C16H17N3O4. The lowest BCUT2D eigenvalue weighted by Crippen LogP contribution is -2.14. The molecule has 1 aromatic carbocycles. The first-order valence-electron chi connectivity index (χ1n) is 7.58. The molecule has 0 aliphatic carbocycles. The lowest BCUT2D eigenvalue weighted by molar-refractivity contribution is -0.115. The first kappa shape index (κ1) is 14.1. The summed E-state index contributed by atoms with van der Waals surface area (Å²) in [4.78, 5) is 12.2. The van der Waals surface area contributed by atoms with E-state index in [0.29, 0.717) is 23.8 Å². The van der Waals surface area contributed by atoms with Gasteiger partial charge >= 0.3 is 0 Å². The van der Waals surface area contributed by atoms with Gasteiger partial charge in [0, 0.05) is 12.8 Å². The molecule has 1 amide bonds. The fraction of sp³-hybridized carbons (Fsp3) is 0.375. The molecule has 1 N–H and O–H groups in total. The van der Waals surface area contributed by atoms with E-state index in [1.165, 1.54) is 0 Å². The maximum Gasteiger partial charge on any atom is 0.231 e. The van der Waals surface area contributed by atoms with Crippen molar-refractivity contribution in [3.63, 3.8) is 0 Å². The normalized spacial score (nSPS) is 19.0. The van der Waals surface area contributed by atoms with Crippen molar-refractivity contribution in [2.45, 2.75) is 18.9 Å². The number of hydrogen-bond acceptors (Lipinski definition) is 5. The van der Waals surface area contributed by atoms with Crippen LogP contribution in [-0.4, -0.2) is 35.7 Å². The maximum absolute atomic E-state index is 12.2. The van der Waals surface area contributed by atoms with Gasteiger partial charge in [-0.15, -0.1) is 0 Å². The number of nitrogens with zero attached hydrogens (tertiary/aromatic N) is 2. The zero-order valence-electron chi connectivity index (χ0n) is 12.5. The van der Waals surface area contributed by atoms with Crippen molar-refractivity contribution in [1.29, 1.82) is 0 Å². The van der Waals surface area contributed by atoms with Crippen LogP contribution in [0, 0.1) is 0 Å². The Balaban J connectivity index is 1.38. The molecule has 120 valence electrons.